The molecule has 0 aromatic heterocycles. The van der Waals surface area contributed by atoms with Gasteiger partial charge in [0.15, 0.2) is 5.96 Å². The molecule has 3 N–H and O–H groups in total. The second kappa shape index (κ2) is 13.1. The molecule has 0 heterocycles. The first-order valence-corrected chi connectivity index (χ1v) is 7.60. The van der Waals surface area contributed by atoms with E-state index in [0.29, 0.717) is 38.4 Å². The fourth-order valence-electron chi connectivity index (χ4n) is 1.83. The summed E-state index contributed by atoms with van der Waals surface area (Å²) in [5, 5.41) is 9.17. The molecule has 0 atom stereocenters. The zero-order valence-electron chi connectivity index (χ0n) is 14.0. The third kappa shape index (κ3) is 8.75. The molecular formula is C16H27IN4O2. The van der Waals surface area contributed by atoms with E-state index < -0.39 is 0 Å². The molecule has 1 rings (SSSR count). The van der Waals surface area contributed by atoms with Crippen molar-refractivity contribution in [3.63, 3.8) is 0 Å². The highest BCUT2D eigenvalue weighted by molar-refractivity contribution is 14.0. The van der Waals surface area contributed by atoms with Crippen LogP contribution < -0.4 is 16.0 Å². The van der Waals surface area contributed by atoms with Crippen molar-refractivity contribution in [3.05, 3.63) is 35.4 Å². The number of amides is 1. The van der Waals surface area contributed by atoms with Gasteiger partial charge in [-0.25, -0.2) is 0 Å². The van der Waals surface area contributed by atoms with Crippen LogP contribution in [0.25, 0.3) is 0 Å². The van der Waals surface area contributed by atoms with Crippen LogP contribution in [-0.4, -0.2) is 45.2 Å². The van der Waals surface area contributed by atoms with Gasteiger partial charge in [-0.15, -0.1) is 24.0 Å². The van der Waals surface area contributed by atoms with Crippen LogP contribution in [-0.2, 0) is 11.3 Å². The zero-order valence-corrected chi connectivity index (χ0v) is 16.3. The fourth-order valence-corrected chi connectivity index (χ4v) is 1.83. The summed E-state index contributed by atoms with van der Waals surface area (Å²) >= 11 is 0. The lowest BCUT2D eigenvalue weighted by atomic mass is 10.1. The minimum atomic E-state index is -0.0459. The number of rotatable bonds is 8. The molecule has 130 valence electrons. The predicted octanol–water partition coefficient (Wildman–Crippen LogP) is 1.76. The van der Waals surface area contributed by atoms with Gasteiger partial charge in [-0.2, -0.15) is 0 Å². The third-order valence-corrected chi connectivity index (χ3v) is 2.98. The van der Waals surface area contributed by atoms with E-state index in [9.17, 15) is 4.79 Å². The summed E-state index contributed by atoms with van der Waals surface area (Å²) in [6.07, 6.45) is 0. The lowest BCUT2D eigenvalue weighted by Gasteiger charge is -2.12. The van der Waals surface area contributed by atoms with Crippen molar-refractivity contribution in [1.82, 2.24) is 16.0 Å². The molecule has 0 aliphatic carbocycles. The minimum absolute atomic E-state index is 0. The summed E-state index contributed by atoms with van der Waals surface area (Å²) in [6, 6.07) is 7.52. The van der Waals surface area contributed by atoms with Crippen LogP contribution in [0.3, 0.4) is 0 Å². The average Bonchev–Trinajstić information content (AvgIpc) is 2.55. The van der Waals surface area contributed by atoms with Gasteiger partial charge in [-0.1, -0.05) is 12.1 Å². The van der Waals surface area contributed by atoms with E-state index in [1.165, 1.54) is 0 Å². The molecular weight excluding hydrogens is 407 g/mol. The zero-order chi connectivity index (χ0) is 16.2. The molecule has 0 spiro atoms. The van der Waals surface area contributed by atoms with Gasteiger partial charge in [0.2, 0.25) is 0 Å². The smallest absolute Gasteiger partial charge is 0.251 e. The van der Waals surface area contributed by atoms with Gasteiger partial charge in [-0.05, 0) is 31.5 Å². The number of aliphatic imine (C=N–C) groups is 1. The summed E-state index contributed by atoms with van der Waals surface area (Å²) in [6.45, 7) is 7.22. The summed E-state index contributed by atoms with van der Waals surface area (Å²) in [7, 11) is 1.73. The Balaban J connectivity index is 0.00000484. The minimum Gasteiger partial charge on any atom is -0.380 e. The van der Waals surface area contributed by atoms with Gasteiger partial charge in [0.05, 0.1) is 6.61 Å². The maximum atomic E-state index is 11.7. The number of halogens is 1. The molecule has 0 saturated carbocycles. The normalized spacial score (nSPS) is 10.7. The topological polar surface area (TPSA) is 74.8 Å². The Morgan fingerprint density at radius 2 is 1.83 bits per heavy atom. The SMILES string of the molecule is CCNC(=O)c1ccc(CNC(=NC)NCCOCC)cc1.I. The lowest BCUT2D eigenvalue weighted by Crippen LogP contribution is -2.38. The van der Waals surface area contributed by atoms with Crippen molar-refractivity contribution in [2.75, 3.05) is 33.4 Å². The van der Waals surface area contributed by atoms with E-state index in [4.69, 9.17) is 4.74 Å². The molecule has 23 heavy (non-hydrogen) atoms. The van der Waals surface area contributed by atoms with E-state index in [0.717, 1.165) is 11.5 Å². The van der Waals surface area contributed by atoms with Gasteiger partial charge in [0.25, 0.3) is 5.91 Å². The van der Waals surface area contributed by atoms with Gasteiger partial charge in [0.1, 0.15) is 0 Å². The Morgan fingerprint density at radius 1 is 1.13 bits per heavy atom. The molecule has 0 radical (unpaired) electrons. The van der Waals surface area contributed by atoms with E-state index in [1.807, 2.05) is 38.1 Å². The average molecular weight is 434 g/mol. The van der Waals surface area contributed by atoms with Crippen molar-refractivity contribution < 1.29 is 9.53 Å². The Bertz CT molecular complexity index is 477. The number of hydrogen-bond acceptors (Lipinski definition) is 3. The van der Waals surface area contributed by atoms with Crippen LogP contribution in [0.4, 0.5) is 0 Å². The summed E-state index contributed by atoms with van der Waals surface area (Å²) < 4.78 is 5.26. The molecule has 0 aliphatic rings. The number of nitrogens with one attached hydrogen (secondary N) is 3. The van der Waals surface area contributed by atoms with Crippen LogP contribution in [0, 0.1) is 0 Å². The molecule has 0 fully saturated rings. The molecule has 0 saturated heterocycles. The molecule has 0 bridgehead atoms. The van der Waals surface area contributed by atoms with Crippen LogP contribution in [0.2, 0.25) is 0 Å². The predicted molar refractivity (Wildman–Crippen MR) is 105 cm³/mol. The molecule has 1 aromatic carbocycles. The van der Waals surface area contributed by atoms with Crippen molar-refractivity contribution in [1.29, 1.82) is 0 Å². The summed E-state index contributed by atoms with van der Waals surface area (Å²) in [4.78, 5) is 15.8. The Labute approximate surface area is 155 Å². The van der Waals surface area contributed by atoms with E-state index in [-0.39, 0.29) is 29.9 Å². The molecule has 1 aromatic rings. The summed E-state index contributed by atoms with van der Waals surface area (Å²) in [5.74, 6) is 0.683. The van der Waals surface area contributed by atoms with Crippen LogP contribution in [0.1, 0.15) is 29.8 Å². The first-order valence-electron chi connectivity index (χ1n) is 7.60. The standard InChI is InChI=1S/C16H26N4O2.HI/c1-4-18-15(21)14-8-6-13(7-9-14)12-20-16(17-3)19-10-11-22-5-2;/h6-9H,4-5,10-12H2,1-3H3,(H,18,21)(H2,17,19,20);1H. The first kappa shape index (κ1) is 21.6. The maximum absolute atomic E-state index is 11.7. The highest BCUT2D eigenvalue weighted by Gasteiger charge is 2.04. The van der Waals surface area contributed by atoms with Crippen LogP contribution in [0.15, 0.2) is 29.3 Å². The number of guanidine groups is 1. The number of nitrogens with zero attached hydrogens (tertiary/aromatic N) is 1. The quantitative estimate of drug-likeness (QED) is 0.252. The lowest BCUT2D eigenvalue weighted by molar-refractivity contribution is 0.0956. The fraction of sp³-hybridized carbons (Fsp3) is 0.500. The monoisotopic (exact) mass is 434 g/mol. The Morgan fingerprint density at radius 3 is 2.39 bits per heavy atom. The van der Waals surface area contributed by atoms with Crippen molar-refractivity contribution in [2.24, 2.45) is 4.99 Å². The molecule has 1 amide bonds. The highest BCUT2D eigenvalue weighted by atomic mass is 127. The van der Waals surface area contributed by atoms with E-state index in [1.54, 1.807) is 7.05 Å². The summed E-state index contributed by atoms with van der Waals surface area (Å²) in [5.41, 5.74) is 1.76. The highest BCUT2D eigenvalue weighted by Crippen LogP contribution is 2.04. The van der Waals surface area contributed by atoms with E-state index >= 15 is 0 Å². The van der Waals surface area contributed by atoms with Crippen molar-refractivity contribution in [3.8, 4) is 0 Å². The molecule has 7 heteroatoms. The molecule has 6 nitrogen and oxygen atoms in total. The Hall–Kier alpha value is -1.35. The number of ether oxygens (including phenoxy) is 1. The Kier molecular flexibility index (Phi) is 12.4. The third-order valence-electron chi connectivity index (χ3n) is 2.98. The number of benzene rings is 1. The van der Waals surface area contributed by atoms with Gasteiger partial charge in [-0.3, -0.25) is 9.79 Å². The van der Waals surface area contributed by atoms with Gasteiger partial charge < -0.3 is 20.7 Å². The number of carbonyl (C=O) groups excluding carboxylic acids is 1. The van der Waals surface area contributed by atoms with Gasteiger partial charge >= 0.3 is 0 Å². The van der Waals surface area contributed by atoms with Crippen molar-refractivity contribution >= 4 is 35.8 Å². The molecule has 0 aliphatic heterocycles. The largest absolute Gasteiger partial charge is 0.380 e. The van der Waals surface area contributed by atoms with E-state index in [2.05, 4.69) is 20.9 Å². The van der Waals surface area contributed by atoms with Crippen LogP contribution in [0.5, 0.6) is 0 Å². The second-order valence-corrected chi connectivity index (χ2v) is 4.61. The molecule has 0 unspecified atom stereocenters. The van der Waals surface area contributed by atoms with Crippen molar-refractivity contribution in [2.45, 2.75) is 20.4 Å². The second-order valence-electron chi connectivity index (χ2n) is 4.61. The first-order chi connectivity index (χ1) is 10.7. The number of carbonyl (C=O) groups is 1. The maximum Gasteiger partial charge on any atom is 0.251 e. The van der Waals surface area contributed by atoms with Crippen LogP contribution >= 0.6 is 24.0 Å². The van der Waals surface area contributed by atoms with Gasteiger partial charge in [0, 0.05) is 38.9 Å². The number of hydrogen-bond donors (Lipinski definition) is 3.